The van der Waals surface area contributed by atoms with E-state index in [0.717, 1.165) is 43.9 Å². The van der Waals surface area contributed by atoms with E-state index >= 15 is 0 Å². The summed E-state index contributed by atoms with van der Waals surface area (Å²) >= 11 is 0. The van der Waals surface area contributed by atoms with E-state index < -0.39 is 0 Å². The summed E-state index contributed by atoms with van der Waals surface area (Å²) in [7, 11) is 0. The Balaban J connectivity index is 1.98. The van der Waals surface area contributed by atoms with Gasteiger partial charge in [-0.2, -0.15) is 14.6 Å². The summed E-state index contributed by atoms with van der Waals surface area (Å²) in [6.07, 6.45) is 4.33. The number of aliphatic hydroxyl groups excluding tert-OH is 1. The van der Waals surface area contributed by atoms with Crippen molar-refractivity contribution in [1.29, 1.82) is 0 Å². The molecular weight excluding hydrogens is 254 g/mol. The molecule has 1 aliphatic rings. The van der Waals surface area contributed by atoms with Gasteiger partial charge in [0.15, 0.2) is 0 Å². The second-order valence-electron chi connectivity index (χ2n) is 5.52. The normalized spacial score (nSPS) is 21.4. The fraction of sp³-hybridized carbons (Fsp3) is 0.643. The zero-order valence-corrected chi connectivity index (χ0v) is 12.0. The van der Waals surface area contributed by atoms with Crippen molar-refractivity contribution in [2.75, 3.05) is 18.0 Å². The molecule has 2 aromatic rings. The maximum atomic E-state index is 9.84. The van der Waals surface area contributed by atoms with Gasteiger partial charge in [0.25, 0.3) is 5.78 Å². The Kier molecular flexibility index (Phi) is 3.56. The maximum absolute atomic E-state index is 9.84. The van der Waals surface area contributed by atoms with Gasteiger partial charge in [-0.3, -0.25) is 0 Å². The van der Waals surface area contributed by atoms with Crippen molar-refractivity contribution in [3.05, 3.63) is 18.1 Å². The standard InChI is InChI=1S/C14H21N5O/c1-3-12-7-13(19-14(17-12)15-9-16-19)18-6-4-5-11(8-18)10(2)20/h7,9-11,20H,3-6,8H2,1-2H3. The van der Waals surface area contributed by atoms with Crippen LogP contribution in [0.5, 0.6) is 0 Å². The molecule has 6 heteroatoms. The molecule has 1 aliphatic heterocycles. The van der Waals surface area contributed by atoms with Crippen LogP contribution in [0.1, 0.15) is 32.4 Å². The maximum Gasteiger partial charge on any atom is 0.254 e. The Hall–Kier alpha value is -1.69. The molecular formula is C14H21N5O. The predicted molar refractivity (Wildman–Crippen MR) is 76.8 cm³/mol. The van der Waals surface area contributed by atoms with Gasteiger partial charge in [-0.1, -0.05) is 6.92 Å². The Morgan fingerprint density at radius 1 is 1.50 bits per heavy atom. The first-order valence-corrected chi connectivity index (χ1v) is 7.31. The average Bonchev–Trinajstić information content (AvgIpc) is 2.94. The molecule has 0 spiro atoms. The van der Waals surface area contributed by atoms with Crippen molar-refractivity contribution < 1.29 is 5.11 Å². The summed E-state index contributed by atoms with van der Waals surface area (Å²) in [6, 6.07) is 2.09. The second-order valence-corrected chi connectivity index (χ2v) is 5.52. The first-order valence-electron chi connectivity index (χ1n) is 7.31. The average molecular weight is 275 g/mol. The van der Waals surface area contributed by atoms with Crippen molar-refractivity contribution in [2.24, 2.45) is 5.92 Å². The highest BCUT2D eigenvalue weighted by Gasteiger charge is 2.25. The van der Waals surface area contributed by atoms with Gasteiger partial charge in [0.2, 0.25) is 0 Å². The minimum Gasteiger partial charge on any atom is -0.393 e. The number of hydrogen-bond donors (Lipinski definition) is 1. The van der Waals surface area contributed by atoms with Crippen molar-refractivity contribution >= 4 is 11.6 Å². The minimum atomic E-state index is -0.267. The van der Waals surface area contributed by atoms with Crippen LogP contribution >= 0.6 is 0 Å². The van der Waals surface area contributed by atoms with Gasteiger partial charge in [-0.05, 0) is 26.2 Å². The van der Waals surface area contributed by atoms with Gasteiger partial charge < -0.3 is 10.0 Å². The van der Waals surface area contributed by atoms with Crippen molar-refractivity contribution in [2.45, 2.75) is 39.2 Å². The van der Waals surface area contributed by atoms with E-state index in [1.807, 2.05) is 6.92 Å². The topological polar surface area (TPSA) is 66.5 Å². The summed E-state index contributed by atoms with van der Waals surface area (Å²) in [5.41, 5.74) is 1.03. The quantitative estimate of drug-likeness (QED) is 0.914. The fourth-order valence-corrected chi connectivity index (χ4v) is 2.86. The van der Waals surface area contributed by atoms with Crippen LogP contribution in [0.3, 0.4) is 0 Å². The summed E-state index contributed by atoms with van der Waals surface area (Å²) in [5, 5.41) is 14.1. The van der Waals surface area contributed by atoms with E-state index in [0.29, 0.717) is 11.7 Å². The molecule has 0 aromatic carbocycles. The van der Waals surface area contributed by atoms with E-state index in [1.54, 1.807) is 10.8 Å². The van der Waals surface area contributed by atoms with Gasteiger partial charge in [0.1, 0.15) is 12.1 Å². The molecule has 20 heavy (non-hydrogen) atoms. The summed E-state index contributed by atoms with van der Waals surface area (Å²) in [4.78, 5) is 11.0. The van der Waals surface area contributed by atoms with E-state index in [2.05, 4.69) is 33.0 Å². The lowest BCUT2D eigenvalue weighted by molar-refractivity contribution is 0.115. The molecule has 3 rings (SSSR count). The summed E-state index contributed by atoms with van der Waals surface area (Å²) in [5.74, 6) is 2.01. The van der Waals surface area contributed by atoms with Crippen molar-refractivity contribution in [3.8, 4) is 0 Å². The SMILES string of the molecule is CCc1cc(N2CCCC(C(C)O)C2)n2ncnc2n1. The zero-order valence-electron chi connectivity index (χ0n) is 12.0. The molecule has 0 bridgehead atoms. The smallest absolute Gasteiger partial charge is 0.254 e. The number of aryl methyl sites for hydroxylation is 1. The lowest BCUT2D eigenvalue weighted by Gasteiger charge is -2.35. The van der Waals surface area contributed by atoms with Crippen LogP contribution in [0.15, 0.2) is 12.4 Å². The van der Waals surface area contributed by atoms with Crippen LogP contribution in [0, 0.1) is 5.92 Å². The number of hydrogen-bond acceptors (Lipinski definition) is 5. The summed E-state index contributed by atoms with van der Waals surface area (Å²) in [6.45, 7) is 5.82. The van der Waals surface area contributed by atoms with Crippen LogP contribution < -0.4 is 4.90 Å². The lowest BCUT2D eigenvalue weighted by atomic mass is 9.93. The number of nitrogens with zero attached hydrogens (tertiary/aromatic N) is 5. The molecule has 3 heterocycles. The molecule has 108 valence electrons. The Labute approximate surface area is 118 Å². The van der Waals surface area contributed by atoms with E-state index in [-0.39, 0.29) is 6.10 Å². The molecule has 1 N–H and O–H groups in total. The first-order chi connectivity index (χ1) is 9.69. The molecule has 0 radical (unpaired) electrons. The third-order valence-electron chi connectivity index (χ3n) is 4.11. The van der Waals surface area contributed by atoms with Crippen LogP contribution in [0.25, 0.3) is 5.78 Å². The van der Waals surface area contributed by atoms with Gasteiger partial charge in [-0.15, -0.1) is 0 Å². The highest BCUT2D eigenvalue weighted by molar-refractivity contribution is 5.47. The second kappa shape index (κ2) is 5.36. The first kappa shape index (κ1) is 13.3. The summed E-state index contributed by atoms with van der Waals surface area (Å²) < 4.78 is 1.80. The highest BCUT2D eigenvalue weighted by atomic mass is 16.3. The molecule has 1 fully saturated rings. The van der Waals surface area contributed by atoms with E-state index in [1.165, 1.54) is 0 Å². The zero-order chi connectivity index (χ0) is 14.1. The van der Waals surface area contributed by atoms with Gasteiger partial charge >= 0.3 is 0 Å². The molecule has 2 unspecified atom stereocenters. The van der Waals surface area contributed by atoms with Gasteiger partial charge in [0, 0.05) is 30.8 Å². The number of fused-ring (bicyclic) bond motifs is 1. The third-order valence-corrected chi connectivity index (χ3v) is 4.11. The van der Waals surface area contributed by atoms with Crippen LogP contribution in [0.2, 0.25) is 0 Å². The van der Waals surface area contributed by atoms with Crippen molar-refractivity contribution in [3.63, 3.8) is 0 Å². The predicted octanol–water partition coefficient (Wildman–Crippen LogP) is 1.28. The van der Waals surface area contributed by atoms with Gasteiger partial charge in [-0.25, -0.2) is 4.98 Å². The lowest BCUT2D eigenvalue weighted by Crippen LogP contribution is -2.40. The Morgan fingerprint density at radius 2 is 2.35 bits per heavy atom. The Morgan fingerprint density at radius 3 is 3.10 bits per heavy atom. The largest absolute Gasteiger partial charge is 0.393 e. The fourth-order valence-electron chi connectivity index (χ4n) is 2.86. The number of anilines is 1. The van der Waals surface area contributed by atoms with Crippen LogP contribution in [0.4, 0.5) is 5.82 Å². The highest BCUT2D eigenvalue weighted by Crippen LogP contribution is 2.25. The van der Waals surface area contributed by atoms with Crippen LogP contribution in [-0.4, -0.2) is 43.9 Å². The molecule has 1 saturated heterocycles. The molecule has 0 saturated carbocycles. The minimum absolute atomic E-state index is 0.267. The molecule has 0 aliphatic carbocycles. The molecule has 2 atom stereocenters. The number of aliphatic hydroxyl groups is 1. The van der Waals surface area contributed by atoms with Crippen molar-refractivity contribution in [1.82, 2.24) is 19.6 Å². The van der Waals surface area contributed by atoms with E-state index in [4.69, 9.17) is 0 Å². The number of piperidine rings is 1. The Bertz CT molecular complexity index is 594. The molecule has 0 amide bonds. The van der Waals surface area contributed by atoms with E-state index in [9.17, 15) is 5.11 Å². The molecule has 6 nitrogen and oxygen atoms in total. The van der Waals surface area contributed by atoms with Crippen LogP contribution in [-0.2, 0) is 6.42 Å². The number of rotatable bonds is 3. The monoisotopic (exact) mass is 275 g/mol. The van der Waals surface area contributed by atoms with Gasteiger partial charge in [0.05, 0.1) is 6.10 Å². The third kappa shape index (κ3) is 2.35. The molecule has 2 aromatic heterocycles. The number of aromatic nitrogens is 4.